The van der Waals surface area contributed by atoms with Crippen LogP contribution in [-0.4, -0.2) is 42.5 Å². The van der Waals surface area contributed by atoms with E-state index < -0.39 is 0 Å². The van der Waals surface area contributed by atoms with E-state index in [4.69, 9.17) is 0 Å². The topological polar surface area (TPSA) is 44.4 Å². The van der Waals surface area contributed by atoms with E-state index in [1.54, 1.807) is 0 Å². The first-order valence-corrected chi connectivity index (χ1v) is 9.90. The highest BCUT2D eigenvalue weighted by atomic mass is 79.9. The number of likely N-dealkylation sites (tertiary alicyclic amines) is 1. The molecule has 0 saturated carbocycles. The summed E-state index contributed by atoms with van der Waals surface area (Å²) in [7, 11) is 0. The van der Waals surface area contributed by atoms with Crippen molar-refractivity contribution in [3.63, 3.8) is 0 Å². The number of benzene rings is 1. The van der Waals surface area contributed by atoms with Crippen LogP contribution in [-0.2, 0) is 11.3 Å². The van der Waals surface area contributed by atoms with Gasteiger partial charge >= 0.3 is 0 Å². The normalized spacial score (nSPS) is 26.2. The Morgan fingerprint density at radius 3 is 2.62 bits per heavy atom. The molecule has 1 aromatic carbocycles. The summed E-state index contributed by atoms with van der Waals surface area (Å²) in [5.74, 6) is 0.469. The highest BCUT2D eigenvalue weighted by Crippen LogP contribution is 2.19. The first kappa shape index (κ1) is 17.9. The molecule has 0 radical (unpaired) electrons. The van der Waals surface area contributed by atoms with Crippen molar-refractivity contribution in [2.45, 2.75) is 51.2 Å². The van der Waals surface area contributed by atoms with Gasteiger partial charge in [-0.3, -0.25) is 9.69 Å². The number of nitrogens with zero attached hydrogens (tertiary/aromatic N) is 1. The predicted octanol–water partition coefficient (Wildman–Crippen LogP) is 2.92. The number of amides is 1. The fraction of sp³-hybridized carbons (Fsp3) is 0.632. The molecule has 0 spiro atoms. The third-order valence-electron chi connectivity index (χ3n) is 5.25. The molecule has 0 aliphatic carbocycles. The zero-order chi connectivity index (χ0) is 16.9. The van der Waals surface area contributed by atoms with Crippen LogP contribution in [0.2, 0.25) is 0 Å². The minimum atomic E-state index is 0.196. The van der Waals surface area contributed by atoms with E-state index in [0.29, 0.717) is 12.1 Å². The van der Waals surface area contributed by atoms with Crippen molar-refractivity contribution >= 4 is 21.8 Å². The summed E-state index contributed by atoms with van der Waals surface area (Å²) in [6.45, 7) is 6.25. The number of carbonyl (C=O) groups excluding carboxylic acids is 1. The third-order valence-corrected chi connectivity index (χ3v) is 5.78. The van der Waals surface area contributed by atoms with E-state index in [9.17, 15) is 4.79 Å². The van der Waals surface area contributed by atoms with E-state index in [0.717, 1.165) is 56.3 Å². The Morgan fingerprint density at radius 1 is 1.25 bits per heavy atom. The molecule has 4 nitrogen and oxygen atoms in total. The second kappa shape index (κ2) is 8.45. The van der Waals surface area contributed by atoms with E-state index in [-0.39, 0.29) is 11.8 Å². The number of nitrogens with one attached hydrogen (secondary N) is 2. The van der Waals surface area contributed by atoms with Crippen LogP contribution in [0.3, 0.4) is 0 Å². The molecule has 0 bridgehead atoms. The van der Waals surface area contributed by atoms with Crippen molar-refractivity contribution in [1.29, 1.82) is 0 Å². The number of carbonyl (C=O) groups is 1. The standard InChI is InChI=1S/C19H28BrN3O/c1-14-12-16(6-9-21-14)19(24)22-18-7-10-23(11-8-18)13-15-2-4-17(20)5-3-15/h2-5,14,16,18,21H,6-13H2,1H3,(H,22,24)/t14-,16-/m0/s1. The van der Waals surface area contributed by atoms with E-state index in [1.807, 2.05) is 0 Å². The molecule has 24 heavy (non-hydrogen) atoms. The van der Waals surface area contributed by atoms with Gasteiger partial charge in [0.05, 0.1) is 0 Å². The van der Waals surface area contributed by atoms with E-state index in [1.165, 1.54) is 5.56 Å². The summed E-state index contributed by atoms with van der Waals surface area (Å²) in [6.07, 6.45) is 4.05. The highest BCUT2D eigenvalue weighted by molar-refractivity contribution is 9.10. The van der Waals surface area contributed by atoms with Crippen LogP contribution in [0.4, 0.5) is 0 Å². The minimum absolute atomic E-state index is 0.196. The lowest BCUT2D eigenvalue weighted by Crippen LogP contribution is -2.48. The first-order valence-electron chi connectivity index (χ1n) is 9.10. The molecule has 2 aliphatic heterocycles. The highest BCUT2D eigenvalue weighted by Gasteiger charge is 2.27. The van der Waals surface area contributed by atoms with Crippen molar-refractivity contribution in [1.82, 2.24) is 15.5 Å². The predicted molar refractivity (Wildman–Crippen MR) is 101 cm³/mol. The Kier molecular flexibility index (Phi) is 6.31. The van der Waals surface area contributed by atoms with Crippen molar-refractivity contribution in [3.05, 3.63) is 34.3 Å². The van der Waals surface area contributed by atoms with Crippen LogP contribution in [0.15, 0.2) is 28.7 Å². The van der Waals surface area contributed by atoms with Crippen molar-refractivity contribution < 1.29 is 4.79 Å². The van der Waals surface area contributed by atoms with Crippen LogP contribution < -0.4 is 10.6 Å². The number of piperidine rings is 2. The first-order chi connectivity index (χ1) is 11.6. The van der Waals surface area contributed by atoms with Gasteiger partial charge in [-0.15, -0.1) is 0 Å². The Hall–Kier alpha value is -0.910. The Labute approximate surface area is 153 Å². The van der Waals surface area contributed by atoms with Gasteiger partial charge in [-0.25, -0.2) is 0 Å². The molecule has 2 atom stereocenters. The second-order valence-electron chi connectivity index (χ2n) is 7.26. The molecular weight excluding hydrogens is 366 g/mol. The molecule has 2 fully saturated rings. The van der Waals surface area contributed by atoms with Crippen LogP contribution in [0, 0.1) is 5.92 Å². The zero-order valence-electron chi connectivity index (χ0n) is 14.4. The van der Waals surface area contributed by atoms with Crippen LogP contribution in [0.5, 0.6) is 0 Å². The monoisotopic (exact) mass is 393 g/mol. The summed E-state index contributed by atoms with van der Waals surface area (Å²) < 4.78 is 1.12. The Balaban J connectivity index is 1.41. The lowest BCUT2D eigenvalue weighted by atomic mass is 9.92. The average molecular weight is 394 g/mol. The summed E-state index contributed by atoms with van der Waals surface area (Å²) in [5.41, 5.74) is 1.35. The Morgan fingerprint density at radius 2 is 1.96 bits per heavy atom. The maximum atomic E-state index is 12.5. The SMILES string of the molecule is C[C@H]1C[C@@H](C(=O)NC2CCN(Cc3ccc(Br)cc3)CC2)CCN1. The molecule has 2 N–H and O–H groups in total. The molecule has 2 aliphatic rings. The zero-order valence-corrected chi connectivity index (χ0v) is 16.0. The van der Waals surface area contributed by atoms with Gasteiger partial charge in [0, 0.05) is 42.1 Å². The van der Waals surface area contributed by atoms with Gasteiger partial charge in [-0.2, -0.15) is 0 Å². The van der Waals surface area contributed by atoms with Crippen molar-refractivity contribution in [3.8, 4) is 0 Å². The second-order valence-corrected chi connectivity index (χ2v) is 8.18. The van der Waals surface area contributed by atoms with Crippen LogP contribution >= 0.6 is 15.9 Å². The fourth-order valence-corrected chi connectivity index (χ4v) is 4.04. The maximum absolute atomic E-state index is 12.5. The summed E-state index contributed by atoms with van der Waals surface area (Å²) in [5, 5.41) is 6.71. The van der Waals surface area contributed by atoms with Gasteiger partial charge in [-0.1, -0.05) is 28.1 Å². The smallest absolute Gasteiger partial charge is 0.223 e. The van der Waals surface area contributed by atoms with Crippen molar-refractivity contribution in [2.75, 3.05) is 19.6 Å². The van der Waals surface area contributed by atoms with Crippen LogP contribution in [0.25, 0.3) is 0 Å². The maximum Gasteiger partial charge on any atom is 0.223 e. The third kappa shape index (κ3) is 5.04. The molecule has 5 heteroatoms. The summed E-state index contributed by atoms with van der Waals surface area (Å²) >= 11 is 3.48. The number of rotatable bonds is 4. The van der Waals surface area contributed by atoms with Crippen LogP contribution in [0.1, 0.15) is 38.2 Å². The quantitative estimate of drug-likeness (QED) is 0.826. The lowest BCUT2D eigenvalue weighted by Gasteiger charge is -2.34. The van der Waals surface area contributed by atoms with E-state index >= 15 is 0 Å². The van der Waals surface area contributed by atoms with Gasteiger partial charge in [0.2, 0.25) is 5.91 Å². The average Bonchev–Trinajstić information content (AvgIpc) is 2.59. The molecule has 3 rings (SSSR count). The number of hydrogen-bond donors (Lipinski definition) is 2. The van der Waals surface area contributed by atoms with E-state index in [2.05, 4.69) is 62.7 Å². The molecule has 2 saturated heterocycles. The van der Waals surface area contributed by atoms with Gasteiger partial charge in [0.25, 0.3) is 0 Å². The van der Waals surface area contributed by atoms with Gasteiger partial charge in [0.1, 0.15) is 0 Å². The molecule has 0 unspecified atom stereocenters. The molecule has 2 heterocycles. The van der Waals surface area contributed by atoms with Gasteiger partial charge in [-0.05, 0) is 56.8 Å². The van der Waals surface area contributed by atoms with Gasteiger partial charge in [0.15, 0.2) is 0 Å². The molecule has 132 valence electrons. The molecule has 0 aromatic heterocycles. The van der Waals surface area contributed by atoms with Crippen molar-refractivity contribution in [2.24, 2.45) is 5.92 Å². The largest absolute Gasteiger partial charge is 0.353 e. The van der Waals surface area contributed by atoms with Gasteiger partial charge < -0.3 is 10.6 Å². The molecule has 1 amide bonds. The fourth-order valence-electron chi connectivity index (χ4n) is 3.77. The molecular formula is C19H28BrN3O. The number of hydrogen-bond acceptors (Lipinski definition) is 3. The number of halogens is 1. The minimum Gasteiger partial charge on any atom is -0.353 e. The summed E-state index contributed by atoms with van der Waals surface area (Å²) in [4.78, 5) is 14.9. The molecule has 1 aromatic rings. The lowest BCUT2D eigenvalue weighted by molar-refractivity contribution is -0.127. The summed E-state index contributed by atoms with van der Waals surface area (Å²) in [6, 6.07) is 9.36. The Bertz CT molecular complexity index is 540.